The van der Waals surface area contributed by atoms with Gasteiger partial charge in [0.05, 0.1) is 23.6 Å². The third-order valence-corrected chi connectivity index (χ3v) is 18.1. The predicted octanol–water partition coefficient (Wildman–Crippen LogP) is 8.90. The zero-order valence-electron chi connectivity index (χ0n) is 50.5. The summed E-state index contributed by atoms with van der Waals surface area (Å²) >= 11 is 6.37. The van der Waals surface area contributed by atoms with E-state index >= 15 is 0 Å². The number of benzene rings is 2. The first-order valence-corrected chi connectivity index (χ1v) is 31.5. The molecule has 2 saturated carbocycles. The number of rotatable bonds is 18. The smallest absolute Gasteiger partial charge is 0.411 e. The number of halogens is 1. The van der Waals surface area contributed by atoms with Gasteiger partial charge in [-0.25, -0.2) is 19.6 Å². The number of amides is 6. The first-order valence-electron chi connectivity index (χ1n) is 31.1. The molecule has 20 nitrogen and oxygen atoms in total. The fourth-order valence-electron chi connectivity index (χ4n) is 12.9. The molecule has 2 aromatic heterocycles. The van der Waals surface area contributed by atoms with E-state index in [9.17, 15) is 28.8 Å². The van der Waals surface area contributed by atoms with Crippen LogP contribution < -0.4 is 20.9 Å². The number of piperidine rings is 3. The van der Waals surface area contributed by atoms with Crippen molar-refractivity contribution < 1.29 is 43.0 Å². The van der Waals surface area contributed by atoms with E-state index in [-0.39, 0.29) is 66.3 Å². The summed E-state index contributed by atoms with van der Waals surface area (Å²) in [6.45, 7) is 16.3. The van der Waals surface area contributed by atoms with Crippen molar-refractivity contribution in [3.05, 3.63) is 88.8 Å². The van der Waals surface area contributed by atoms with Crippen LogP contribution >= 0.6 is 11.6 Å². The third-order valence-electron chi connectivity index (χ3n) is 17.9. The highest BCUT2D eigenvalue weighted by molar-refractivity contribution is 6.30. The molecule has 6 amide bonds. The van der Waals surface area contributed by atoms with E-state index in [1.807, 2.05) is 80.4 Å². The lowest BCUT2D eigenvalue weighted by Gasteiger charge is -2.42. The van der Waals surface area contributed by atoms with E-state index in [1.54, 1.807) is 36.6 Å². The Morgan fingerprint density at radius 2 is 1.44 bits per heavy atom. The molecule has 6 fully saturated rings. The number of hydrogen-bond donors (Lipinski definition) is 4. The first-order chi connectivity index (χ1) is 40.7. The summed E-state index contributed by atoms with van der Waals surface area (Å²) in [5.41, 5.74) is 0.461. The molecule has 4 saturated heterocycles. The molecule has 4 aromatic rings. The lowest BCUT2D eigenvalue weighted by molar-refractivity contribution is -0.139. The highest BCUT2D eigenvalue weighted by Crippen LogP contribution is 2.35. The summed E-state index contributed by atoms with van der Waals surface area (Å²) in [4.78, 5) is 105. The molecule has 21 heteroatoms. The van der Waals surface area contributed by atoms with Crippen molar-refractivity contribution in [3.8, 4) is 0 Å². The number of anilines is 1. The van der Waals surface area contributed by atoms with Crippen molar-refractivity contribution >= 4 is 64.3 Å². The van der Waals surface area contributed by atoms with Crippen LogP contribution in [0.5, 0.6) is 0 Å². The summed E-state index contributed by atoms with van der Waals surface area (Å²) in [5, 5.41) is 11.1. The second kappa shape index (κ2) is 26.6. The van der Waals surface area contributed by atoms with Crippen molar-refractivity contribution in [3.63, 3.8) is 0 Å². The van der Waals surface area contributed by atoms with Gasteiger partial charge in [0, 0.05) is 87.6 Å². The molecular weight excluding hydrogens is 1100 g/mol. The number of nitrogens with zero attached hydrogens (tertiary/aromatic N) is 7. The Bertz CT molecular complexity index is 2980. The largest absolute Gasteiger partial charge is 0.444 e. The van der Waals surface area contributed by atoms with Crippen LogP contribution in [0.25, 0.3) is 11.0 Å². The topological polar surface area (TPSA) is 224 Å². The van der Waals surface area contributed by atoms with Crippen molar-refractivity contribution in [2.45, 2.75) is 184 Å². The molecule has 0 spiro atoms. The zero-order chi connectivity index (χ0) is 60.0. The number of hydrogen-bond acceptors (Lipinski definition) is 13. The van der Waals surface area contributed by atoms with E-state index in [0.717, 1.165) is 118 Å². The Kier molecular flexibility index (Phi) is 19.3. The van der Waals surface area contributed by atoms with E-state index in [1.165, 1.54) is 6.33 Å². The number of likely N-dealkylation sites (tertiary alicyclic amines) is 3. The van der Waals surface area contributed by atoms with Crippen LogP contribution in [0.15, 0.2) is 67.1 Å². The second-order valence-electron chi connectivity index (χ2n) is 26.5. The van der Waals surface area contributed by atoms with Crippen LogP contribution in [0.1, 0.15) is 165 Å². The summed E-state index contributed by atoms with van der Waals surface area (Å²) < 4.78 is 18.1. The Balaban J connectivity index is 0.698. The Morgan fingerprint density at radius 3 is 2.09 bits per heavy atom. The van der Waals surface area contributed by atoms with Gasteiger partial charge in [0.25, 0.3) is 5.91 Å². The molecule has 0 bridgehead atoms. The van der Waals surface area contributed by atoms with E-state index < -0.39 is 35.0 Å². The van der Waals surface area contributed by atoms with Gasteiger partial charge in [-0.2, -0.15) is 0 Å². The molecule has 2 atom stereocenters. The quantitative estimate of drug-likeness (QED) is 0.0732. The summed E-state index contributed by atoms with van der Waals surface area (Å²) in [7, 11) is 0. The SMILES string of the molecule is CC(C)(C)OC(=O)NC1(C(=O)N[C@@H](CCN2CCC(OC3CCN(C(=O)[C@H](NC(=O)c4cccc(C5CN(C(=O)CN(C(=O)OC(C)(C)C)C6CC6)C5)c4)C4CCCCC4)CC3)CC2)c2ccc(Cl)cc2)CCN(c2ncnc3[nH]ccc23)CC1. The lowest BCUT2D eigenvalue weighted by Crippen LogP contribution is -2.64. The lowest BCUT2D eigenvalue weighted by atomic mass is 9.83. The molecule has 85 heavy (non-hydrogen) atoms. The molecular formula is C64H88ClN11O9. The fraction of sp³-hybridized carbons (Fsp3) is 0.625. The van der Waals surface area contributed by atoms with E-state index in [0.29, 0.717) is 69.1 Å². The number of H-pyrrole nitrogens is 1. The monoisotopic (exact) mass is 1190 g/mol. The molecule has 2 aromatic carbocycles. The number of alkyl carbamates (subject to hydrolysis) is 1. The maximum absolute atomic E-state index is 14.8. The summed E-state index contributed by atoms with van der Waals surface area (Å²) in [6.07, 6.45) is 13.5. The minimum Gasteiger partial charge on any atom is -0.444 e. The van der Waals surface area contributed by atoms with Gasteiger partial charge in [-0.15, -0.1) is 0 Å². The Hall–Kier alpha value is -6.51. The maximum Gasteiger partial charge on any atom is 0.411 e. The van der Waals surface area contributed by atoms with Gasteiger partial charge in [0.1, 0.15) is 47.1 Å². The predicted molar refractivity (Wildman–Crippen MR) is 324 cm³/mol. The number of aromatic amines is 1. The van der Waals surface area contributed by atoms with Crippen LogP contribution in [-0.2, 0) is 28.6 Å². The highest BCUT2D eigenvalue weighted by Gasteiger charge is 2.46. The van der Waals surface area contributed by atoms with Gasteiger partial charge < -0.3 is 54.7 Å². The standard InChI is InChI=1S/C64H88ClN11O9/c1-62(2,3)84-60(81)71-64(27-35-73(36-28-64)56-51-21-29-66-55(51)67-41-68-56)59(80)69-52(42-15-17-47(65)18-16-42)26-32-72-30-22-49(23-31-72)83-50-24-33-74(34-25-50)58(79)54(43-11-8-7-9-12-43)70-57(78)45-14-10-13-44(37-45)46-38-75(39-46)53(77)40-76(48-19-20-48)61(82)85-63(4,5)6/h10,13-18,21,29,37,41,43,46,48-50,52,54H,7-9,11-12,19-20,22-28,30-36,38-40H2,1-6H3,(H,69,80)(H,70,78)(H,71,81)(H,66,67,68)/t52-,54+/m0/s1. The normalized spacial score (nSPS) is 20.2. The second-order valence-corrected chi connectivity index (χ2v) is 26.9. The number of ether oxygens (including phenoxy) is 3. The molecule has 4 aliphatic heterocycles. The molecule has 2 aliphatic carbocycles. The number of carbonyl (C=O) groups excluding carboxylic acids is 6. The fourth-order valence-corrected chi connectivity index (χ4v) is 13.0. The van der Waals surface area contributed by atoms with Crippen molar-refractivity contribution in [2.75, 3.05) is 70.3 Å². The maximum atomic E-state index is 14.8. The van der Waals surface area contributed by atoms with Gasteiger partial charge in [0.15, 0.2) is 0 Å². The van der Waals surface area contributed by atoms with Gasteiger partial charge in [-0.3, -0.25) is 24.1 Å². The molecule has 10 rings (SSSR count). The van der Waals surface area contributed by atoms with Crippen LogP contribution in [0.3, 0.4) is 0 Å². The third kappa shape index (κ3) is 15.9. The van der Waals surface area contributed by atoms with Gasteiger partial charge in [-0.05, 0) is 160 Å². The molecule has 6 heterocycles. The molecule has 0 radical (unpaired) electrons. The van der Waals surface area contributed by atoms with Crippen LogP contribution in [-0.4, -0.2) is 177 Å². The molecule has 0 unspecified atom stereocenters. The van der Waals surface area contributed by atoms with Crippen LogP contribution in [0, 0.1) is 5.92 Å². The minimum atomic E-state index is -1.24. The number of fused-ring (bicyclic) bond motifs is 1. The molecule has 4 N–H and O–H groups in total. The van der Waals surface area contributed by atoms with E-state index in [4.69, 9.17) is 25.8 Å². The van der Waals surface area contributed by atoms with Crippen molar-refractivity contribution in [1.29, 1.82) is 0 Å². The van der Waals surface area contributed by atoms with Crippen molar-refractivity contribution in [2.24, 2.45) is 5.92 Å². The van der Waals surface area contributed by atoms with E-state index in [2.05, 4.69) is 40.7 Å². The molecule has 6 aliphatic rings. The van der Waals surface area contributed by atoms with Crippen LogP contribution in [0.2, 0.25) is 5.02 Å². The molecule has 460 valence electrons. The zero-order valence-corrected chi connectivity index (χ0v) is 51.3. The number of carbonyl (C=O) groups is 6. The minimum absolute atomic E-state index is 0.00901. The average molecular weight is 1190 g/mol. The number of nitrogens with one attached hydrogen (secondary N) is 4. The van der Waals surface area contributed by atoms with Gasteiger partial charge in [0.2, 0.25) is 17.7 Å². The summed E-state index contributed by atoms with van der Waals surface area (Å²) in [5.74, 6) is 0.221. The highest BCUT2D eigenvalue weighted by atomic mass is 35.5. The summed E-state index contributed by atoms with van der Waals surface area (Å²) in [6, 6.07) is 16.1. The number of aromatic nitrogens is 3. The Morgan fingerprint density at radius 1 is 0.765 bits per heavy atom. The van der Waals surface area contributed by atoms with Gasteiger partial charge in [-0.1, -0.05) is 55.1 Å². The first kappa shape index (κ1) is 61.6. The van der Waals surface area contributed by atoms with Crippen molar-refractivity contribution in [1.82, 2.24) is 50.5 Å². The van der Waals surface area contributed by atoms with Crippen LogP contribution in [0.4, 0.5) is 15.4 Å². The Labute approximate surface area is 505 Å². The average Bonchev–Trinajstić information content (AvgIpc) is 3.32. The van der Waals surface area contributed by atoms with Gasteiger partial charge >= 0.3 is 12.2 Å².